The molecule has 0 amide bonds. The van der Waals surface area contributed by atoms with Crippen LogP contribution in [-0.4, -0.2) is 33.8 Å². The van der Waals surface area contributed by atoms with Crippen molar-refractivity contribution in [3.8, 4) is 0 Å². The number of aromatic nitrogens is 2. The second-order valence-corrected chi connectivity index (χ2v) is 6.42. The highest BCUT2D eigenvalue weighted by atomic mass is 16.5. The van der Waals surface area contributed by atoms with Crippen molar-refractivity contribution in [3.63, 3.8) is 0 Å². The molecule has 0 aliphatic heterocycles. The van der Waals surface area contributed by atoms with Gasteiger partial charge in [0, 0.05) is 11.1 Å². The minimum absolute atomic E-state index is 0.0594. The number of nitrogen functional groups attached to an aromatic ring is 2. The highest BCUT2D eigenvalue weighted by molar-refractivity contribution is 5.99. The standard InChI is InChI=1S/C21H22N6O2/c1-3-29-21(28)12(2)18(14-6-4-5-7-15(14)20(24)25)27-11-26-16-10-13(19(22)23)8-9-17(16)27/h4-11,18H,2-3H2,1H3,(H3,22,23)(H3,24,25). The molecule has 1 aromatic heterocycles. The van der Waals surface area contributed by atoms with Gasteiger partial charge in [-0.3, -0.25) is 10.8 Å². The third-order valence-corrected chi connectivity index (χ3v) is 4.58. The fourth-order valence-electron chi connectivity index (χ4n) is 3.23. The summed E-state index contributed by atoms with van der Waals surface area (Å²) >= 11 is 0. The predicted octanol–water partition coefficient (Wildman–Crippen LogP) is 2.31. The Morgan fingerprint density at radius 2 is 1.93 bits per heavy atom. The summed E-state index contributed by atoms with van der Waals surface area (Å²) in [6, 6.07) is 11.6. The van der Waals surface area contributed by atoms with Crippen LogP contribution in [0.4, 0.5) is 0 Å². The Bertz CT molecular complexity index is 1130. The average Bonchev–Trinajstić information content (AvgIpc) is 3.11. The monoisotopic (exact) mass is 390 g/mol. The van der Waals surface area contributed by atoms with Crippen LogP contribution in [0.25, 0.3) is 11.0 Å². The van der Waals surface area contributed by atoms with Crippen molar-refractivity contribution in [2.75, 3.05) is 6.61 Å². The van der Waals surface area contributed by atoms with Gasteiger partial charge in [0.1, 0.15) is 11.7 Å². The maximum Gasteiger partial charge on any atom is 0.335 e. The van der Waals surface area contributed by atoms with E-state index < -0.39 is 12.0 Å². The second-order valence-electron chi connectivity index (χ2n) is 6.42. The maximum atomic E-state index is 12.5. The molecule has 0 radical (unpaired) electrons. The number of rotatable bonds is 7. The Morgan fingerprint density at radius 3 is 2.59 bits per heavy atom. The molecule has 2 aromatic carbocycles. The summed E-state index contributed by atoms with van der Waals surface area (Å²) in [5.41, 5.74) is 14.5. The number of ether oxygens (including phenoxy) is 1. The molecule has 0 aliphatic rings. The molecule has 0 fully saturated rings. The molecule has 0 bridgehead atoms. The Hall–Kier alpha value is -3.94. The first-order valence-electron chi connectivity index (χ1n) is 8.95. The van der Waals surface area contributed by atoms with E-state index in [1.807, 2.05) is 0 Å². The number of benzene rings is 2. The van der Waals surface area contributed by atoms with Gasteiger partial charge in [-0.15, -0.1) is 0 Å². The summed E-state index contributed by atoms with van der Waals surface area (Å²) in [6.45, 7) is 5.91. The molecule has 8 heteroatoms. The molecule has 29 heavy (non-hydrogen) atoms. The van der Waals surface area contributed by atoms with Crippen LogP contribution in [0, 0.1) is 10.8 Å². The number of nitrogens with zero attached hydrogens (tertiary/aromatic N) is 2. The molecule has 6 N–H and O–H groups in total. The van der Waals surface area contributed by atoms with Crippen LogP contribution in [0.15, 0.2) is 60.9 Å². The molecule has 3 aromatic rings. The SMILES string of the molecule is C=C(C(=O)OCC)C(c1ccccc1C(=N)N)n1cnc2cc(C(=N)N)ccc21. The first-order valence-corrected chi connectivity index (χ1v) is 8.95. The van der Waals surface area contributed by atoms with E-state index in [1.165, 1.54) is 0 Å². The van der Waals surface area contributed by atoms with Crippen molar-refractivity contribution < 1.29 is 9.53 Å². The highest BCUT2D eigenvalue weighted by Gasteiger charge is 2.27. The molecular formula is C21H22N6O2. The molecule has 3 rings (SSSR count). The van der Waals surface area contributed by atoms with Gasteiger partial charge in [0.05, 0.1) is 35.6 Å². The highest BCUT2D eigenvalue weighted by Crippen LogP contribution is 2.32. The molecule has 0 saturated heterocycles. The van der Waals surface area contributed by atoms with Crippen LogP contribution in [-0.2, 0) is 9.53 Å². The molecule has 0 saturated carbocycles. The van der Waals surface area contributed by atoms with E-state index in [2.05, 4.69) is 11.6 Å². The predicted molar refractivity (Wildman–Crippen MR) is 112 cm³/mol. The third-order valence-electron chi connectivity index (χ3n) is 4.58. The third kappa shape index (κ3) is 3.73. The van der Waals surface area contributed by atoms with E-state index in [0.717, 1.165) is 0 Å². The number of hydrogen-bond acceptors (Lipinski definition) is 5. The lowest BCUT2D eigenvalue weighted by Crippen LogP contribution is -2.23. The quantitative estimate of drug-likeness (QED) is 0.212. The number of fused-ring (bicyclic) bond motifs is 1. The first kappa shape index (κ1) is 19.8. The number of esters is 1. The summed E-state index contributed by atoms with van der Waals surface area (Å²) in [6.07, 6.45) is 1.58. The summed E-state index contributed by atoms with van der Waals surface area (Å²) in [7, 11) is 0. The molecule has 8 nitrogen and oxygen atoms in total. The zero-order valence-electron chi connectivity index (χ0n) is 16.0. The number of nitrogens with two attached hydrogens (primary N) is 2. The Labute approximate surface area is 167 Å². The largest absolute Gasteiger partial charge is 0.463 e. The number of imidazole rings is 1. The number of carbonyl (C=O) groups excluding carboxylic acids is 1. The van der Waals surface area contributed by atoms with Gasteiger partial charge in [-0.25, -0.2) is 9.78 Å². The minimum atomic E-state index is -0.678. The van der Waals surface area contributed by atoms with Gasteiger partial charge in [-0.2, -0.15) is 0 Å². The van der Waals surface area contributed by atoms with E-state index in [1.54, 1.807) is 60.3 Å². The fourth-order valence-corrected chi connectivity index (χ4v) is 3.23. The summed E-state index contributed by atoms with van der Waals surface area (Å²) in [5.74, 6) is -0.723. The van der Waals surface area contributed by atoms with Crippen molar-refractivity contribution in [3.05, 3.63) is 77.6 Å². The van der Waals surface area contributed by atoms with Gasteiger partial charge in [0.2, 0.25) is 0 Å². The summed E-state index contributed by atoms with van der Waals surface area (Å²) in [5, 5.41) is 15.5. The molecule has 148 valence electrons. The Kier molecular flexibility index (Phi) is 5.45. The Morgan fingerprint density at radius 1 is 1.21 bits per heavy atom. The van der Waals surface area contributed by atoms with Crippen LogP contribution in [0.1, 0.15) is 29.7 Å². The Balaban J connectivity index is 2.23. The zero-order valence-corrected chi connectivity index (χ0v) is 16.0. The van der Waals surface area contributed by atoms with Crippen molar-refractivity contribution in [1.82, 2.24) is 9.55 Å². The topological polar surface area (TPSA) is 144 Å². The van der Waals surface area contributed by atoms with Gasteiger partial charge >= 0.3 is 5.97 Å². The fraction of sp³-hybridized carbons (Fsp3) is 0.143. The maximum absolute atomic E-state index is 12.5. The molecular weight excluding hydrogens is 368 g/mol. The van der Waals surface area contributed by atoms with E-state index in [0.29, 0.717) is 27.7 Å². The van der Waals surface area contributed by atoms with Crippen LogP contribution >= 0.6 is 0 Å². The minimum Gasteiger partial charge on any atom is -0.463 e. The smallest absolute Gasteiger partial charge is 0.335 e. The van der Waals surface area contributed by atoms with Gasteiger partial charge in [0.15, 0.2) is 0 Å². The van der Waals surface area contributed by atoms with Crippen LogP contribution in [0.2, 0.25) is 0 Å². The zero-order chi connectivity index (χ0) is 21.1. The number of carbonyl (C=O) groups is 1. The molecule has 1 heterocycles. The average molecular weight is 390 g/mol. The molecule has 0 aliphatic carbocycles. The molecule has 0 spiro atoms. The molecule has 1 unspecified atom stereocenters. The van der Waals surface area contributed by atoms with E-state index in [-0.39, 0.29) is 23.9 Å². The van der Waals surface area contributed by atoms with Gasteiger partial charge in [-0.1, -0.05) is 30.8 Å². The lowest BCUT2D eigenvalue weighted by Gasteiger charge is -2.23. The van der Waals surface area contributed by atoms with Gasteiger partial charge in [-0.05, 0) is 30.7 Å². The van der Waals surface area contributed by atoms with Gasteiger partial charge < -0.3 is 20.8 Å². The number of amidine groups is 2. The lowest BCUT2D eigenvalue weighted by atomic mass is 9.94. The first-order chi connectivity index (χ1) is 13.8. The normalized spacial score (nSPS) is 11.8. The number of nitrogens with one attached hydrogen (secondary N) is 2. The van der Waals surface area contributed by atoms with Gasteiger partial charge in [0.25, 0.3) is 0 Å². The second kappa shape index (κ2) is 7.97. The summed E-state index contributed by atoms with van der Waals surface area (Å²) in [4.78, 5) is 16.9. The van der Waals surface area contributed by atoms with E-state index in [9.17, 15) is 4.79 Å². The van der Waals surface area contributed by atoms with Crippen molar-refractivity contribution in [2.45, 2.75) is 13.0 Å². The van der Waals surface area contributed by atoms with Crippen molar-refractivity contribution in [2.24, 2.45) is 11.5 Å². The van der Waals surface area contributed by atoms with Crippen LogP contribution in [0.5, 0.6) is 0 Å². The van der Waals surface area contributed by atoms with E-state index >= 15 is 0 Å². The molecule has 1 atom stereocenters. The number of hydrogen-bond donors (Lipinski definition) is 4. The van der Waals surface area contributed by atoms with Crippen molar-refractivity contribution >= 4 is 28.7 Å². The van der Waals surface area contributed by atoms with Crippen molar-refractivity contribution in [1.29, 1.82) is 10.8 Å². The van der Waals surface area contributed by atoms with E-state index in [4.69, 9.17) is 27.0 Å². The summed E-state index contributed by atoms with van der Waals surface area (Å²) < 4.78 is 6.94. The lowest BCUT2D eigenvalue weighted by molar-refractivity contribution is -0.138. The van der Waals surface area contributed by atoms with Crippen LogP contribution in [0.3, 0.4) is 0 Å². The van der Waals surface area contributed by atoms with Crippen LogP contribution < -0.4 is 11.5 Å².